The molecule has 4 nitrogen and oxygen atoms in total. The van der Waals surface area contributed by atoms with E-state index in [1.807, 2.05) is 13.8 Å². The first kappa shape index (κ1) is 18.7. The molecule has 1 atom stereocenters. The zero-order valence-corrected chi connectivity index (χ0v) is 14.2. The maximum Gasteiger partial charge on any atom is 0.433 e. The number of thiocarbonyl (C=S) groups is 1. The lowest BCUT2D eigenvalue weighted by molar-refractivity contribution is -0.141. The fourth-order valence-corrected chi connectivity index (χ4v) is 3.39. The molecule has 1 heterocycles. The van der Waals surface area contributed by atoms with E-state index in [2.05, 4.69) is 15.0 Å². The van der Waals surface area contributed by atoms with Gasteiger partial charge >= 0.3 is 6.18 Å². The predicted molar refractivity (Wildman–Crippen MR) is 87.1 cm³/mol. The van der Waals surface area contributed by atoms with Crippen LogP contribution in [-0.4, -0.2) is 31.5 Å². The molecule has 1 aromatic heterocycles. The summed E-state index contributed by atoms with van der Waals surface area (Å²) in [6, 6.07) is 2.18. The van der Waals surface area contributed by atoms with Crippen molar-refractivity contribution in [1.82, 2.24) is 15.0 Å². The van der Waals surface area contributed by atoms with Gasteiger partial charge in [-0.3, -0.25) is 9.71 Å². The fourth-order valence-electron chi connectivity index (χ4n) is 1.54. The molecule has 0 spiro atoms. The highest BCUT2D eigenvalue weighted by atomic mass is 32.2. The van der Waals surface area contributed by atoms with Gasteiger partial charge in [0, 0.05) is 28.9 Å². The van der Waals surface area contributed by atoms with Crippen molar-refractivity contribution in [1.29, 1.82) is 0 Å². The minimum Gasteiger partial charge on any atom is -0.360 e. The molecule has 1 rings (SSSR count). The van der Waals surface area contributed by atoms with E-state index >= 15 is 0 Å². The summed E-state index contributed by atoms with van der Waals surface area (Å²) in [5, 5.41) is 3.12. The first-order valence-electron chi connectivity index (χ1n) is 6.38. The number of aromatic nitrogens is 1. The van der Waals surface area contributed by atoms with Gasteiger partial charge in [0.05, 0.1) is 9.71 Å². The van der Waals surface area contributed by atoms with Gasteiger partial charge in [0.2, 0.25) is 0 Å². The highest BCUT2D eigenvalue weighted by molar-refractivity contribution is 8.01. The average Bonchev–Trinajstić information content (AvgIpc) is 2.35. The van der Waals surface area contributed by atoms with Crippen molar-refractivity contribution in [3.05, 3.63) is 29.6 Å². The van der Waals surface area contributed by atoms with Crippen molar-refractivity contribution >= 4 is 31.9 Å². The van der Waals surface area contributed by atoms with Gasteiger partial charge in [-0.15, -0.1) is 0 Å². The Kier molecular flexibility index (Phi) is 5.80. The molecule has 1 aromatic rings. The van der Waals surface area contributed by atoms with E-state index in [1.54, 1.807) is 6.92 Å². The monoisotopic (exact) mass is 353 g/mol. The summed E-state index contributed by atoms with van der Waals surface area (Å²) in [5.41, 5.74) is -0.628. The van der Waals surface area contributed by atoms with Crippen molar-refractivity contribution in [3.8, 4) is 0 Å². The van der Waals surface area contributed by atoms with Gasteiger partial charge < -0.3 is 5.32 Å². The normalized spacial score (nSPS) is 14.4. The van der Waals surface area contributed by atoms with Crippen LogP contribution in [-0.2, 0) is 15.9 Å². The number of nitrogens with zero attached hydrogens (tertiary/aromatic N) is 1. The van der Waals surface area contributed by atoms with Gasteiger partial charge in [-0.1, -0.05) is 6.07 Å². The molecule has 1 unspecified atom stereocenters. The van der Waals surface area contributed by atoms with Crippen LogP contribution >= 0.6 is 12.2 Å². The third kappa shape index (κ3) is 5.13. The molecule has 0 radical (unpaired) electrons. The van der Waals surface area contributed by atoms with Crippen LogP contribution < -0.4 is 10.0 Å². The van der Waals surface area contributed by atoms with Crippen LogP contribution in [0.15, 0.2) is 18.3 Å². The van der Waals surface area contributed by atoms with Crippen LogP contribution in [0.2, 0.25) is 0 Å². The maximum absolute atomic E-state index is 12.6. The van der Waals surface area contributed by atoms with E-state index < -0.39 is 21.6 Å². The summed E-state index contributed by atoms with van der Waals surface area (Å²) in [4.78, 5) is 3.74. The molecule has 0 aliphatic heterocycles. The van der Waals surface area contributed by atoms with Gasteiger partial charge in [-0.25, -0.2) is 4.21 Å². The second-order valence-corrected chi connectivity index (χ2v) is 7.97. The van der Waals surface area contributed by atoms with E-state index in [1.165, 1.54) is 12.3 Å². The Morgan fingerprint density at radius 2 is 1.95 bits per heavy atom. The Morgan fingerprint density at radius 1 is 1.36 bits per heavy atom. The Bertz CT molecular complexity index is 660. The largest absolute Gasteiger partial charge is 0.433 e. The third-order valence-electron chi connectivity index (χ3n) is 2.75. The minimum atomic E-state index is -4.50. The number of nitrogens with one attached hydrogen (secondary N) is 2. The molecule has 0 fully saturated rings. The van der Waals surface area contributed by atoms with Crippen LogP contribution in [0.1, 0.15) is 32.0 Å². The summed E-state index contributed by atoms with van der Waals surface area (Å²) in [6.07, 6.45) is -2.00. The van der Waals surface area contributed by atoms with Crippen molar-refractivity contribution < 1.29 is 17.4 Å². The van der Waals surface area contributed by atoms with Crippen molar-refractivity contribution in [2.24, 2.45) is 0 Å². The zero-order valence-electron chi connectivity index (χ0n) is 12.6. The number of hydrogen-bond donors (Lipinski definition) is 2. The first-order valence-corrected chi connectivity index (χ1v) is 8.75. The van der Waals surface area contributed by atoms with Crippen molar-refractivity contribution in [2.45, 2.75) is 33.0 Å². The summed E-state index contributed by atoms with van der Waals surface area (Å²) in [5.74, 6) is 0. The molecule has 124 valence electrons. The summed E-state index contributed by atoms with van der Waals surface area (Å²) in [6.45, 7) is 5.32. The van der Waals surface area contributed by atoms with Crippen LogP contribution in [0, 0.1) is 0 Å². The standard InChI is InChI=1S/C13H18F3N3OS2/c1-8(2)18-12(21)19-22(4,20)9(3)10-5-6-11(17-7-10)13(14,15)16/h5-8H,1-4H3,(H2,18,19,20,21). The number of alkyl halides is 3. The molecule has 0 saturated heterocycles. The zero-order chi connectivity index (χ0) is 17.1. The van der Waals surface area contributed by atoms with Crippen LogP contribution in [0.5, 0.6) is 0 Å². The minimum absolute atomic E-state index is 0.0724. The molecular weight excluding hydrogens is 335 g/mol. The number of hydrogen-bond acceptors (Lipinski definition) is 3. The Hall–Kier alpha value is -1.35. The van der Waals surface area contributed by atoms with E-state index in [4.69, 9.17) is 12.2 Å². The first-order chi connectivity index (χ1) is 9.93. The highest BCUT2D eigenvalue weighted by Gasteiger charge is 2.32. The molecular formula is C13H18F3N3OS2. The second-order valence-electron chi connectivity index (χ2n) is 5.06. The third-order valence-corrected chi connectivity index (χ3v) is 5.10. The molecule has 0 amide bonds. The lowest BCUT2D eigenvalue weighted by Crippen LogP contribution is -2.43. The summed E-state index contributed by atoms with van der Waals surface area (Å²) in [7, 11) is -2.71. The molecule has 0 aliphatic carbocycles. The Morgan fingerprint density at radius 3 is 2.36 bits per heavy atom. The fraction of sp³-hybridized carbons (Fsp3) is 0.462. The van der Waals surface area contributed by atoms with Gasteiger partial charge in [0.15, 0.2) is 5.11 Å². The smallest absolute Gasteiger partial charge is 0.360 e. The van der Waals surface area contributed by atoms with E-state index in [0.717, 1.165) is 12.3 Å². The Balaban J connectivity index is 3.08. The molecule has 0 bridgehead atoms. The molecule has 0 aromatic carbocycles. The van der Waals surface area contributed by atoms with Gasteiger partial charge in [0.1, 0.15) is 5.69 Å². The van der Waals surface area contributed by atoms with Crippen molar-refractivity contribution in [3.63, 3.8) is 0 Å². The lowest BCUT2D eigenvalue weighted by atomic mass is 10.2. The number of rotatable bonds is 3. The molecule has 0 saturated carbocycles. The number of pyridine rings is 1. The molecule has 9 heteroatoms. The Labute approximate surface area is 133 Å². The van der Waals surface area contributed by atoms with Crippen LogP contribution in [0.25, 0.3) is 0 Å². The van der Waals surface area contributed by atoms with E-state index in [0.29, 0.717) is 10.4 Å². The molecule has 0 aliphatic rings. The van der Waals surface area contributed by atoms with Crippen molar-refractivity contribution in [2.75, 3.05) is 6.26 Å². The van der Waals surface area contributed by atoms with Gasteiger partial charge in [-0.2, -0.15) is 13.2 Å². The average molecular weight is 353 g/mol. The predicted octanol–water partition coefficient (Wildman–Crippen LogP) is 2.34. The van der Waals surface area contributed by atoms with E-state index in [9.17, 15) is 17.4 Å². The highest BCUT2D eigenvalue weighted by Crippen LogP contribution is 2.27. The van der Waals surface area contributed by atoms with Crippen LogP contribution in [0.3, 0.4) is 0 Å². The van der Waals surface area contributed by atoms with Gasteiger partial charge in [0.25, 0.3) is 0 Å². The quantitative estimate of drug-likeness (QED) is 0.647. The van der Waals surface area contributed by atoms with E-state index in [-0.39, 0.29) is 11.2 Å². The topological polar surface area (TPSA) is 54.0 Å². The van der Waals surface area contributed by atoms with Crippen LogP contribution in [0.4, 0.5) is 13.2 Å². The lowest BCUT2D eigenvalue weighted by Gasteiger charge is -2.17. The SMILES string of the molecule is CC(c1ccc(C(F)(F)F)nc1)=S(C)(=O)NC(=S)NC(C)C. The molecule has 22 heavy (non-hydrogen) atoms. The number of halogens is 3. The second kappa shape index (κ2) is 6.82. The maximum atomic E-state index is 12.6. The van der Waals surface area contributed by atoms with Gasteiger partial charge in [-0.05, 0) is 39.1 Å². The molecule has 2 N–H and O–H groups in total. The summed E-state index contributed by atoms with van der Waals surface area (Å²) < 4.78 is 52.8. The summed E-state index contributed by atoms with van der Waals surface area (Å²) >= 11 is 5.04.